The van der Waals surface area contributed by atoms with E-state index >= 15 is 0 Å². The van der Waals surface area contributed by atoms with E-state index in [-0.39, 0.29) is 65.5 Å². The zero-order valence-corrected chi connectivity index (χ0v) is 71.4. The van der Waals surface area contributed by atoms with Gasteiger partial charge >= 0.3 is 53.7 Å². The van der Waals surface area contributed by atoms with Crippen molar-refractivity contribution in [2.45, 2.75) is 177 Å². The summed E-state index contributed by atoms with van der Waals surface area (Å²) in [6.45, 7) is -67.0. The van der Waals surface area contributed by atoms with Crippen molar-refractivity contribution in [3.63, 3.8) is 0 Å². The monoisotopic (exact) mass is 1950 g/mol. The molecule has 9 aromatic heterocycles. The maximum Gasteiger partial charge on any atom is 0.309 e. The van der Waals surface area contributed by atoms with E-state index in [1.807, 2.05) is 0 Å². The molecule has 9 aliphatic rings. The van der Waals surface area contributed by atoms with Crippen LogP contribution < -0.4 is 0 Å². The van der Waals surface area contributed by atoms with Crippen LogP contribution in [0, 0.1) is 106 Å². The molecule has 738 valence electrons. The summed E-state index contributed by atoms with van der Waals surface area (Å²) in [5, 5.41) is 0. The molecule has 0 N–H and O–H groups in total. The fourth-order valence-electron chi connectivity index (χ4n) is 12.5. The van der Waals surface area contributed by atoms with Crippen molar-refractivity contribution in [1.82, 2.24) is 86.0 Å². The minimum atomic E-state index is -3.67. The highest BCUT2D eigenvalue weighted by molar-refractivity contribution is 5.78. The molecule has 9 aliphatic heterocycles. The number of rotatable bonds is 27. The Morgan fingerprint density at radius 3 is 0.785 bits per heavy atom. The maximum atomic E-state index is 12.2. The van der Waals surface area contributed by atoms with Gasteiger partial charge in [-0.15, -0.1) is 0 Å². The molecule has 0 aliphatic carbocycles. The second-order valence-corrected chi connectivity index (χ2v) is 28.8. The van der Waals surface area contributed by atoms with Crippen LogP contribution in [0.2, 0.25) is 0 Å². The van der Waals surface area contributed by atoms with E-state index in [1.165, 1.54) is 66.1 Å². The van der Waals surface area contributed by atoms with Gasteiger partial charge in [0.15, 0.2) is 0 Å². The summed E-state index contributed by atoms with van der Waals surface area (Å²) in [6, 6.07) is 0. The lowest BCUT2D eigenvalue weighted by molar-refractivity contribution is -0.142. The first-order chi connectivity index (χ1) is 95.9. The molecule has 18 heterocycles. The van der Waals surface area contributed by atoms with Crippen LogP contribution in [0.4, 0.5) is 0 Å². The summed E-state index contributed by atoms with van der Waals surface area (Å²) in [4.78, 5) is 142. The van der Waals surface area contributed by atoms with E-state index in [1.54, 1.807) is 18.7 Å². The second-order valence-electron chi connectivity index (χ2n) is 28.8. The summed E-state index contributed by atoms with van der Waals surface area (Å²) in [7, 11) is 4.83. The van der Waals surface area contributed by atoms with Gasteiger partial charge in [0.05, 0.1) is 194 Å². The zero-order chi connectivity index (χ0) is 168. The molecule has 0 spiro atoms. The largest absolute Gasteiger partial charge is 0.465 e. The molecule has 9 saturated heterocycles. The fraction of sp³-hybridized carbons (Fsp3) is 0.636. The first-order valence-corrected chi connectivity index (χ1v) is 39.4. The minimum Gasteiger partial charge on any atom is -0.465 e. The quantitative estimate of drug-likeness (QED) is 0.0341. The number of carbonyl (C=O) groups excluding carboxylic acids is 9. The topological polar surface area (TPSA) is 397 Å². The van der Waals surface area contributed by atoms with Gasteiger partial charge in [-0.2, -0.15) is 0 Å². The highest BCUT2D eigenvalue weighted by Gasteiger charge is 2.43. The Labute approximate surface area is 906 Å². The van der Waals surface area contributed by atoms with E-state index in [0.29, 0.717) is 25.1 Å². The molecule has 135 heavy (non-hydrogen) atoms. The molecule has 36 nitrogen and oxygen atoms in total. The van der Waals surface area contributed by atoms with Crippen molar-refractivity contribution in [2.24, 2.45) is 169 Å². The van der Waals surface area contributed by atoms with Crippen molar-refractivity contribution >= 4 is 53.7 Å². The van der Waals surface area contributed by atoms with Crippen LogP contribution in [0.15, 0.2) is 113 Å². The normalized spacial score (nSPS) is 46.1. The predicted molar refractivity (Wildman–Crippen MR) is 496 cm³/mol. The summed E-state index contributed by atoms with van der Waals surface area (Å²) in [5.74, 6) is -53.8. The number of aromatic nitrogens is 18. The summed E-state index contributed by atoms with van der Waals surface area (Å²) in [6.07, 6.45) is 0.825. The van der Waals surface area contributed by atoms with Gasteiger partial charge in [-0.05, 0) is 115 Å². The number of imidazole rings is 9. The number of hydrogen-bond acceptors (Lipinski definition) is 27. The molecule has 9 aromatic rings. The molecule has 18 rings (SSSR count). The first kappa shape index (κ1) is 40.4. The predicted octanol–water partition coefficient (Wildman–Crippen LogP) is 10.5. The SMILES string of the molecule is [2H]C([2H])([2H])C([2H])([2H])[C@]1([2H])C(=O)OC([2H])([2H])[C@]1([2H])Cc1cncn1C.[2H]C([2H])([2H])C[C@@H]1C(=O)OC([2H])([2H])[C@@H]1Cc1cncn1C([2H])([2H])[2H].[2H]C([2H])([2H])C[C@@H]1C(=O)OC([2H])([2H])[C@]1([2H])Cc1cncn1C.[2H]C([2H])([2H])C[C@@H]1C(=O)OC([2H])([2H])[C@]1([2H])Cc1cncn1C([2H])([2H])[2H].[2H]C([2H])([2H])C[C@]1([2H])C(=O)OC([2H])([2H])[C@@H]1Cc1cncn1C([2H])([2H])[2H].[2H]C([2H])([2H])C[C@]1([2H])C(=O)OC([2H])([2H])[C@]1([2H])Cc1cncn1C.[2H]C([2H])([2H])C[C@]1([2H])C(=O)OC([2H])([2H])[C@]1([2H])Cc1cncn1C([2H])([2H])[2H].[2H]C([2H])([2H])n1cncc1C[C@@]1([2H])C([2H])([2H])OC(=O)[C@@]1([2H])C([2H])([2H])C([2H])([2H])[2H].[2H]C1([2H])OC(=O)[C@@]([2H])(C([2H])([2H])C([2H])([2H])[2H])[C@H]1Cc1cncn1C([2H])([2H])[2H]. The van der Waals surface area contributed by atoms with Gasteiger partial charge in [0.25, 0.3) is 0 Å². The van der Waals surface area contributed by atoms with Crippen molar-refractivity contribution < 1.29 is 197 Å². The van der Waals surface area contributed by atoms with Crippen molar-refractivity contribution in [1.29, 1.82) is 0 Å². The molecule has 0 aromatic carbocycles. The molecule has 0 bridgehead atoms. The lowest BCUT2D eigenvalue weighted by atomic mass is 9.89. The van der Waals surface area contributed by atoms with E-state index in [4.69, 9.17) is 111 Å². The molecule has 0 amide bonds. The van der Waals surface area contributed by atoms with Gasteiger partial charge in [-0.25, -0.2) is 44.9 Å². The van der Waals surface area contributed by atoms with E-state index in [0.717, 1.165) is 76.5 Å². The molecule has 9 fully saturated rings. The Morgan fingerprint density at radius 1 is 0.252 bits per heavy atom. The van der Waals surface area contributed by atoms with E-state index < -0.39 is 412 Å². The highest BCUT2D eigenvalue weighted by atomic mass is 16.6. The van der Waals surface area contributed by atoms with Gasteiger partial charge in [0, 0.05) is 309 Å². The van der Waals surface area contributed by atoms with Gasteiger partial charge in [0.1, 0.15) is 0 Å². The van der Waals surface area contributed by atoms with Crippen LogP contribution in [0.3, 0.4) is 0 Å². The second kappa shape index (κ2) is 51.7. The van der Waals surface area contributed by atoms with Gasteiger partial charge < -0.3 is 83.7 Å². The van der Waals surface area contributed by atoms with Gasteiger partial charge in [0.2, 0.25) is 0 Å². The average Bonchev–Trinajstić information content (AvgIpc) is 1.52. The minimum absolute atomic E-state index is 0.0114. The smallest absolute Gasteiger partial charge is 0.309 e. The van der Waals surface area contributed by atoms with Crippen LogP contribution in [0.1, 0.15) is 282 Å². The molecule has 0 unspecified atom stereocenters. The van der Waals surface area contributed by atoms with Crippen molar-refractivity contribution in [2.75, 3.05) is 59.0 Å². The molecular formula is C99H144N18O18. The van der Waals surface area contributed by atoms with Crippen LogP contribution in [0.5, 0.6) is 0 Å². The molecule has 0 saturated carbocycles. The summed E-state index contributed by atoms with van der Waals surface area (Å²) < 4.78 is 668. The standard InChI is InChI=1S/9C11H16N2O2/c9*1-3-10-8(6-15-11(10)14)4-9-5-12-7-13(9)2/h9*5,7-8,10H,3-4,6H2,1-2H3/t9*8-,10-/m000000000/s1/i1D3,2D3,3D2,6D2,8D,10D;1D3,3D2,6D2,8D,10D;1D3,2D3,6D2,8D,10D;1D3,2D3,3D2,6D2,10D;1D3,6D2,8D,10D;1D3,2D3,6D2,10D;1D3,2D3,6D2,8D;1D3,6D2,8D;1D3,2D3,6D2. The number of cyclic esters (lactones) is 9. The van der Waals surface area contributed by atoms with Crippen LogP contribution >= 0.6 is 0 Å². The third-order valence-electron chi connectivity index (χ3n) is 20.2. The summed E-state index contributed by atoms with van der Waals surface area (Å²) in [5.41, 5.74) is 0.826. The molecule has 36 heteroatoms. The van der Waals surface area contributed by atoms with Crippen molar-refractivity contribution in [3.8, 4) is 0 Å². The maximum absolute atomic E-state index is 12.2. The third-order valence-corrected chi connectivity index (χ3v) is 20.2. The van der Waals surface area contributed by atoms with Crippen LogP contribution in [-0.2, 0) is 207 Å². The Morgan fingerprint density at radius 2 is 0.467 bits per heavy atom. The third kappa shape index (κ3) is 28.4. The van der Waals surface area contributed by atoms with E-state index in [2.05, 4.69) is 87.5 Å². The van der Waals surface area contributed by atoms with E-state index in [9.17, 15) is 43.2 Å². The molecule has 0 radical (unpaired) electrons. The lowest BCUT2D eigenvalue weighted by Crippen LogP contribution is -2.18. The number of esters is 9. The highest BCUT2D eigenvalue weighted by Crippen LogP contribution is 2.36. The Balaban J connectivity index is 0.000000240. The van der Waals surface area contributed by atoms with Crippen LogP contribution in [-0.4, -0.2) is 199 Å². The first-order valence-electron chi connectivity index (χ1n) is 79.9. The molecule has 18 atom stereocenters. The fourth-order valence-corrected chi connectivity index (χ4v) is 12.5. The number of nitrogens with zero attached hydrogens (tertiary/aromatic N) is 18. The van der Waals surface area contributed by atoms with Gasteiger partial charge in [-0.1, -0.05) is 61.7 Å². The number of ether oxygens (including phenoxy) is 9. The average molecular weight is 1960 g/mol. The lowest BCUT2D eigenvalue weighted by Gasteiger charge is -2.12. The number of carbonyl (C=O) groups is 9. The van der Waals surface area contributed by atoms with Gasteiger partial charge in [-0.3, -0.25) is 43.2 Å². The summed E-state index contributed by atoms with van der Waals surface area (Å²) >= 11 is 0. The van der Waals surface area contributed by atoms with Crippen molar-refractivity contribution in [3.05, 3.63) is 164 Å². The zero-order valence-electron chi connectivity index (χ0n) is 152. The van der Waals surface area contributed by atoms with Crippen LogP contribution in [0.25, 0.3) is 0 Å². The number of hydrogen-bond donors (Lipinski definition) is 0. The molecular weight excluding hydrogens is 1730 g/mol. The number of aryl methyl sites for hydroxylation is 9. The Hall–Kier alpha value is -11.9. The Bertz CT molecular complexity index is 9010. The Kier molecular flexibility index (Phi) is 15.5.